The number of nitriles is 1. The molecule has 2 aliphatic heterocycles. The van der Waals surface area contributed by atoms with Crippen LogP contribution in [0.4, 0.5) is 11.5 Å². The molecular weight excluding hydrogens is 448 g/mol. The normalized spacial score (nSPS) is 19.7. The minimum absolute atomic E-state index is 0.0488. The van der Waals surface area contributed by atoms with Crippen molar-refractivity contribution in [1.29, 1.82) is 5.26 Å². The summed E-state index contributed by atoms with van der Waals surface area (Å²) in [5.41, 5.74) is 4.76. The minimum Gasteiger partial charge on any atom is -0.365 e. The van der Waals surface area contributed by atoms with Crippen LogP contribution in [0.3, 0.4) is 0 Å². The number of nitrogens with zero attached hydrogens (tertiary/aromatic N) is 6. The Labute approximate surface area is 212 Å². The molecule has 184 valence electrons. The number of benzene rings is 2. The van der Waals surface area contributed by atoms with Crippen molar-refractivity contribution < 1.29 is 4.79 Å². The summed E-state index contributed by atoms with van der Waals surface area (Å²) < 4.78 is 0. The number of aromatic nitrogens is 2. The molecule has 1 aromatic heterocycles. The van der Waals surface area contributed by atoms with Crippen LogP contribution in [0.25, 0.3) is 10.8 Å². The van der Waals surface area contributed by atoms with Gasteiger partial charge in [-0.15, -0.1) is 0 Å². The average Bonchev–Trinajstić information content (AvgIpc) is 2.87. The van der Waals surface area contributed by atoms with E-state index in [2.05, 4.69) is 65.8 Å². The number of piperazine rings is 1. The molecule has 1 fully saturated rings. The standard InChI is InChI=1S/C29H32N6O/c1-5-27(36)35-20(3)16-34(17-23(35)12-14-30)29-24-13-15-33(18-25(24)31-21(4)32-29)26-11-7-10-22-9-6-8-19(2)28(22)26/h5-11,20,23H,1,12-13,15-18H2,2-4H3. The van der Waals surface area contributed by atoms with E-state index < -0.39 is 0 Å². The SMILES string of the molecule is C=CC(=O)N1C(C)CN(c2nc(C)nc3c2CCN(c2cccc4cccc(C)c24)C3)CC1CC#N. The molecule has 2 unspecified atom stereocenters. The molecule has 5 rings (SSSR count). The van der Waals surface area contributed by atoms with E-state index >= 15 is 0 Å². The van der Waals surface area contributed by atoms with Gasteiger partial charge >= 0.3 is 0 Å². The molecule has 2 aliphatic rings. The zero-order chi connectivity index (χ0) is 25.4. The van der Waals surface area contributed by atoms with E-state index in [0.29, 0.717) is 13.1 Å². The van der Waals surface area contributed by atoms with Crippen molar-refractivity contribution in [1.82, 2.24) is 14.9 Å². The summed E-state index contributed by atoms with van der Waals surface area (Å²) in [5.74, 6) is 1.57. The van der Waals surface area contributed by atoms with E-state index in [9.17, 15) is 10.1 Å². The third-order valence-electron chi connectivity index (χ3n) is 7.43. The van der Waals surface area contributed by atoms with Crippen molar-refractivity contribution in [2.45, 2.75) is 52.2 Å². The van der Waals surface area contributed by atoms with Crippen molar-refractivity contribution in [3.05, 3.63) is 71.7 Å². The Bertz CT molecular complexity index is 1370. The molecule has 1 amide bonds. The Morgan fingerprint density at radius 1 is 1.17 bits per heavy atom. The first-order valence-electron chi connectivity index (χ1n) is 12.6. The van der Waals surface area contributed by atoms with Crippen LogP contribution in [0.15, 0.2) is 49.1 Å². The second kappa shape index (κ2) is 9.62. The van der Waals surface area contributed by atoms with E-state index in [1.54, 1.807) is 4.90 Å². The first-order valence-corrected chi connectivity index (χ1v) is 12.6. The number of hydrogen-bond donors (Lipinski definition) is 0. The van der Waals surface area contributed by atoms with Crippen LogP contribution >= 0.6 is 0 Å². The molecular formula is C29H32N6O. The number of hydrogen-bond acceptors (Lipinski definition) is 6. The topological polar surface area (TPSA) is 76.4 Å². The quantitative estimate of drug-likeness (QED) is 0.518. The Morgan fingerprint density at radius 3 is 2.69 bits per heavy atom. The maximum atomic E-state index is 12.5. The summed E-state index contributed by atoms with van der Waals surface area (Å²) >= 11 is 0. The average molecular weight is 481 g/mol. The first-order chi connectivity index (χ1) is 17.4. The number of fused-ring (bicyclic) bond motifs is 2. The molecule has 2 atom stereocenters. The van der Waals surface area contributed by atoms with Gasteiger partial charge in [-0.3, -0.25) is 4.79 Å². The van der Waals surface area contributed by atoms with E-state index in [-0.39, 0.29) is 24.4 Å². The Morgan fingerprint density at radius 2 is 1.94 bits per heavy atom. The highest BCUT2D eigenvalue weighted by Crippen LogP contribution is 2.35. The largest absolute Gasteiger partial charge is 0.365 e. The summed E-state index contributed by atoms with van der Waals surface area (Å²) in [6.07, 6.45) is 2.47. The molecule has 0 saturated carbocycles. The number of amides is 1. The summed E-state index contributed by atoms with van der Waals surface area (Å²) in [5, 5.41) is 12.0. The fourth-order valence-corrected chi connectivity index (χ4v) is 5.89. The predicted octanol–water partition coefficient (Wildman–Crippen LogP) is 4.31. The van der Waals surface area contributed by atoms with Crippen LogP contribution in [-0.4, -0.2) is 52.5 Å². The van der Waals surface area contributed by atoms with Gasteiger partial charge in [0.1, 0.15) is 11.6 Å². The Hall–Kier alpha value is -3.92. The number of aryl methyl sites for hydroxylation is 2. The molecule has 3 aromatic rings. The van der Waals surface area contributed by atoms with Gasteiger partial charge in [0.2, 0.25) is 5.91 Å². The second-order valence-corrected chi connectivity index (χ2v) is 9.86. The number of carbonyl (C=O) groups is 1. The lowest BCUT2D eigenvalue weighted by atomic mass is 9.98. The van der Waals surface area contributed by atoms with Crippen LogP contribution < -0.4 is 9.80 Å². The maximum absolute atomic E-state index is 12.5. The van der Waals surface area contributed by atoms with Crippen molar-refractivity contribution in [2.75, 3.05) is 29.4 Å². The highest BCUT2D eigenvalue weighted by Gasteiger charge is 2.36. The van der Waals surface area contributed by atoms with Gasteiger partial charge in [0, 0.05) is 42.3 Å². The van der Waals surface area contributed by atoms with Gasteiger partial charge in [0.05, 0.1) is 30.8 Å². The minimum atomic E-state index is -0.200. The van der Waals surface area contributed by atoms with Crippen molar-refractivity contribution in [3.63, 3.8) is 0 Å². The van der Waals surface area contributed by atoms with Crippen LogP contribution in [0, 0.1) is 25.2 Å². The van der Waals surface area contributed by atoms with Crippen molar-refractivity contribution >= 4 is 28.2 Å². The van der Waals surface area contributed by atoms with Gasteiger partial charge in [0.15, 0.2) is 0 Å². The molecule has 2 aromatic carbocycles. The van der Waals surface area contributed by atoms with E-state index in [1.165, 1.54) is 33.7 Å². The van der Waals surface area contributed by atoms with Gasteiger partial charge in [-0.05, 0) is 50.3 Å². The van der Waals surface area contributed by atoms with Crippen LogP contribution in [-0.2, 0) is 17.8 Å². The zero-order valence-corrected chi connectivity index (χ0v) is 21.2. The fraction of sp³-hybridized carbons (Fsp3) is 0.379. The molecule has 3 heterocycles. The molecule has 0 spiro atoms. The first kappa shape index (κ1) is 23.8. The number of carbonyl (C=O) groups excluding carboxylic acids is 1. The third kappa shape index (κ3) is 4.17. The molecule has 36 heavy (non-hydrogen) atoms. The van der Waals surface area contributed by atoms with Gasteiger partial charge in [0.25, 0.3) is 0 Å². The molecule has 7 heteroatoms. The summed E-state index contributed by atoms with van der Waals surface area (Å²) in [4.78, 5) is 28.8. The van der Waals surface area contributed by atoms with Crippen LogP contribution in [0.2, 0.25) is 0 Å². The van der Waals surface area contributed by atoms with E-state index in [4.69, 9.17) is 9.97 Å². The molecule has 0 aliphatic carbocycles. The molecule has 7 nitrogen and oxygen atoms in total. The molecule has 0 bridgehead atoms. The Kier molecular flexibility index (Phi) is 6.36. The van der Waals surface area contributed by atoms with Gasteiger partial charge < -0.3 is 14.7 Å². The molecule has 1 saturated heterocycles. The summed E-state index contributed by atoms with van der Waals surface area (Å²) in [6, 6.07) is 15.0. The highest BCUT2D eigenvalue weighted by atomic mass is 16.2. The summed E-state index contributed by atoms with van der Waals surface area (Å²) in [7, 11) is 0. The second-order valence-electron chi connectivity index (χ2n) is 9.86. The van der Waals surface area contributed by atoms with E-state index in [0.717, 1.165) is 36.8 Å². The van der Waals surface area contributed by atoms with Gasteiger partial charge in [-0.1, -0.05) is 36.9 Å². The highest BCUT2D eigenvalue weighted by molar-refractivity contribution is 5.97. The van der Waals surface area contributed by atoms with Crippen molar-refractivity contribution in [2.24, 2.45) is 0 Å². The van der Waals surface area contributed by atoms with Crippen molar-refractivity contribution in [3.8, 4) is 6.07 Å². The number of anilines is 2. The lowest BCUT2D eigenvalue weighted by molar-refractivity contribution is -0.131. The maximum Gasteiger partial charge on any atom is 0.246 e. The Balaban J connectivity index is 1.48. The monoisotopic (exact) mass is 480 g/mol. The third-order valence-corrected chi connectivity index (χ3v) is 7.43. The van der Waals surface area contributed by atoms with Gasteiger partial charge in [-0.25, -0.2) is 9.97 Å². The number of rotatable bonds is 4. The molecule has 0 N–H and O–H groups in total. The van der Waals surface area contributed by atoms with Crippen LogP contribution in [0.1, 0.15) is 36.0 Å². The lowest BCUT2D eigenvalue weighted by Gasteiger charge is -2.46. The predicted molar refractivity (Wildman–Crippen MR) is 143 cm³/mol. The fourth-order valence-electron chi connectivity index (χ4n) is 5.89. The van der Waals surface area contributed by atoms with Gasteiger partial charge in [-0.2, -0.15) is 5.26 Å². The van der Waals surface area contributed by atoms with Crippen LogP contribution in [0.5, 0.6) is 0 Å². The smallest absolute Gasteiger partial charge is 0.246 e. The molecule has 0 radical (unpaired) electrons. The van der Waals surface area contributed by atoms with E-state index in [1.807, 2.05) is 13.8 Å². The summed E-state index contributed by atoms with van der Waals surface area (Å²) in [6.45, 7) is 12.6. The lowest BCUT2D eigenvalue weighted by Crippen LogP contribution is -2.59. The zero-order valence-electron chi connectivity index (χ0n) is 21.2.